The van der Waals surface area contributed by atoms with Gasteiger partial charge in [0.2, 0.25) is 15.8 Å². The van der Waals surface area contributed by atoms with Gasteiger partial charge in [-0.05, 0) is 18.6 Å². The molecule has 1 aromatic rings. The van der Waals surface area contributed by atoms with Crippen LogP contribution in [-0.2, 0) is 10.0 Å². The summed E-state index contributed by atoms with van der Waals surface area (Å²) in [4.78, 5) is 0. The van der Waals surface area contributed by atoms with Gasteiger partial charge in [-0.25, -0.2) is 8.42 Å². The first-order valence-corrected chi connectivity index (χ1v) is 13.8. The molecule has 0 radical (unpaired) electrons. The van der Waals surface area contributed by atoms with Crippen LogP contribution in [0.25, 0.3) is 0 Å². The van der Waals surface area contributed by atoms with Crippen LogP contribution in [0.5, 0.6) is 17.2 Å². The number of anilines is 1. The number of phenols is 3. The summed E-state index contributed by atoms with van der Waals surface area (Å²) >= 11 is 0. The van der Waals surface area contributed by atoms with E-state index in [0.29, 0.717) is 6.42 Å². The summed E-state index contributed by atoms with van der Waals surface area (Å²) < 4.78 is 26.5. The molecule has 6 nitrogen and oxygen atoms in total. The van der Waals surface area contributed by atoms with Crippen LogP contribution in [0.4, 0.5) is 5.69 Å². The minimum absolute atomic E-state index is 0.0352. The van der Waals surface area contributed by atoms with Gasteiger partial charge < -0.3 is 15.3 Å². The van der Waals surface area contributed by atoms with Crippen molar-refractivity contribution in [3.8, 4) is 17.2 Å². The van der Waals surface area contributed by atoms with Crippen molar-refractivity contribution in [2.24, 2.45) is 0 Å². The number of sulfonamides is 1. The highest BCUT2D eigenvalue weighted by Crippen LogP contribution is 2.40. The zero-order valence-corrected chi connectivity index (χ0v) is 20.1. The van der Waals surface area contributed by atoms with Gasteiger partial charge in [-0.3, -0.25) is 4.72 Å². The number of nitrogens with one attached hydrogen (secondary N) is 1. The Labute approximate surface area is 189 Å². The van der Waals surface area contributed by atoms with Crippen LogP contribution in [0.3, 0.4) is 0 Å². The van der Waals surface area contributed by atoms with Gasteiger partial charge in [0.25, 0.3) is 0 Å². The molecule has 0 amide bonds. The Morgan fingerprint density at radius 2 is 1.06 bits per heavy atom. The molecule has 0 unspecified atom stereocenters. The molecule has 1 rings (SSSR count). The summed E-state index contributed by atoms with van der Waals surface area (Å²) in [5.41, 5.74) is -0.133. The van der Waals surface area contributed by atoms with Crippen LogP contribution in [0.2, 0.25) is 0 Å². The molecular formula is C24H43NO5S. The summed E-state index contributed by atoms with van der Waals surface area (Å²) in [5.74, 6) is -1.94. The lowest BCUT2D eigenvalue weighted by molar-refractivity contribution is 0.369. The standard InChI is InChI=1S/C24H43NO5S/c1-2-3-4-5-6-7-8-9-10-11-12-13-14-15-16-17-20-31(29,30)25-21-18-19-22(26)24(28)23(21)27/h18-19,25-28H,2-17,20H2,1H3. The zero-order valence-electron chi connectivity index (χ0n) is 19.2. The van der Waals surface area contributed by atoms with Crippen LogP contribution in [-0.4, -0.2) is 29.5 Å². The van der Waals surface area contributed by atoms with Crippen molar-refractivity contribution < 1.29 is 23.7 Å². The van der Waals surface area contributed by atoms with Gasteiger partial charge in [0.15, 0.2) is 11.5 Å². The molecule has 1 aromatic carbocycles. The second kappa shape index (κ2) is 16.1. The third kappa shape index (κ3) is 12.7. The van der Waals surface area contributed by atoms with E-state index in [4.69, 9.17) is 0 Å². The average molecular weight is 458 g/mol. The summed E-state index contributed by atoms with van der Waals surface area (Å²) in [5, 5.41) is 28.5. The minimum Gasteiger partial charge on any atom is -0.504 e. The number of hydrogen-bond donors (Lipinski definition) is 4. The van der Waals surface area contributed by atoms with Crippen LogP contribution in [0, 0.1) is 0 Å². The van der Waals surface area contributed by atoms with Crippen molar-refractivity contribution in [3.05, 3.63) is 12.1 Å². The van der Waals surface area contributed by atoms with Gasteiger partial charge in [0.1, 0.15) is 0 Å². The molecule has 0 heterocycles. The molecule has 180 valence electrons. The normalized spacial score (nSPS) is 11.6. The second-order valence-corrected chi connectivity index (χ2v) is 10.4. The molecule has 0 aliphatic rings. The Balaban J connectivity index is 1.98. The third-order valence-corrected chi connectivity index (χ3v) is 7.02. The van der Waals surface area contributed by atoms with Crippen molar-refractivity contribution in [2.75, 3.05) is 10.5 Å². The fourth-order valence-corrected chi connectivity index (χ4v) is 4.90. The number of hydrogen-bond acceptors (Lipinski definition) is 5. The quantitative estimate of drug-likeness (QED) is 0.104. The molecule has 31 heavy (non-hydrogen) atoms. The first kappa shape index (κ1) is 27.4. The highest BCUT2D eigenvalue weighted by atomic mass is 32.2. The first-order valence-electron chi connectivity index (χ1n) is 12.1. The van der Waals surface area contributed by atoms with E-state index in [-0.39, 0.29) is 11.4 Å². The van der Waals surface area contributed by atoms with Gasteiger partial charge in [-0.15, -0.1) is 0 Å². The number of rotatable bonds is 19. The van der Waals surface area contributed by atoms with E-state index < -0.39 is 27.3 Å². The maximum Gasteiger partial charge on any atom is 0.232 e. The van der Waals surface area contributed by atoms with Gasteiger partial charge >= 0.3 is 0 Å². The molecule has 0 atom stereocenters. The zero-order chi connectivity index (χ0) is 23.0. The highest BCUT2D eigenvalue weighted by Gasteiger charge is 2.16. The molecule has 0 fully saturated rings. The maximum atomic E-state index is 12.1. The Kier molecular flexibility index (Phi) is 14.2. The lowest BCUT2D eigenvalue weighted by atomic mass is 10.0. The molecular weight excluding hydrogens is 414 g/mol. The van der Waals surface area contributed by atoms with E-state index in [2.05, 4.69) is 11.6 Å². The number of unbranched alkanes of at least 4 members (excludes halogenated alkanes) is 15. The summed E-state index contributed by atoms with van der Waals surface area (Å²) in [7, 11) is -3.61. The van der Waals surface area contributed by atoms with E-state index in [1.807, 2.05) is 0 Å². The molecule has 0 aliphatic carbocycles. The Hall–Kier alpha value is -1.63. The second-order valence-electron chi connectivity index (χ2n) is 8.55. The van der Waals surface area contributed by atoms with Crippen molar-refractivity contribution in [3.63, 3.8) is 0 Å². The molecule has 0 bridgehead atoms. The van der Waals surface area contributed by atoms with Crippen molar-refractivity contribution >= 4 is 15.7 Å². The largest absolute Gasteiger partial charge is 0.504 e. The van der Waals surface area contributed by atoms with Crippen LogP contribution in [0.15, 0.2) is 12.1 Å². The van der Waals surface area contributed by atoms with E-state index >= 15 is 0 Å². The van der Waals surface area contributed by atoms with Gasteiger partial charge in [0.05, 0.1) is 11.4 Å². The van der Waals surface area contributed by atoms with Crippen LogP contribution < -0.4 is 4.72 Å². The molecule has 7 heteroatoms. The number of phenolic OH excluding ortho intramolecular Hbond substituents is 3. The molecule has 4 N–H and O–H groups in total. The Morgan fingerprint density at radius 1 is 0.645 bits per heavy atom. The Morgan fingerprint density at radius 3 is 1.52 bits per heavy atom. The predicted octanol–water partition coefficient (Wildman–Crippen LogP) is 6.81. The molecule has 0 aliphatic heterocycles. The van der Waals surface area contributed by atoms with E-state index in [1.54, 1.807) is 0 Å². The van der Waals surface area contributed by atoms with E-state index in [1.165, 1.54) is 83.1 Å². The monoisotopic (exact) mass is 457 g/mol. The maximum absolute atomic E-state index is 12.1. The van der Waals surface area contributed by atoms with Gasteiger partial charge in [-0.2, -0.15) is 0 Å². The van der Waals surface area contributed by atoms with Crippen molar-refractivity contribution in [1.82, 2.24) is 0 Å². The fourth-order valence-electron chi connectivity index (χ4n) is 3.71. The minimum atomic E-state index is -3.61. The smallest absolute Gasteiger partial charge is 0.232 e. The number of benzene rings is 1. The molecule has 0 aromatic heterocycles. The van der Waals surface area contributed by atoms with E-state index in [0.717, 1.165) is 25.3 Å². The summed E-state index contributed by atoms with van der Waals surface area (Å²) in [6, 6.07) is 2.34. The first-order chi connectivity index (χ1) is 14.9. The van der Waals surface area contributed by atoms with Crippen molar-refractivity contribution in [1.29, 1.82) is 0 Å². The summed E-state index contributed by atoms with van der Waals surface area (Å²) in [6.45, 7) is 2.25. The highest BCUT2D eigenvalue weighted by molar-refractivity contribution is 7.92. The SMILES string of the molecule is CCCCCCCCCCCCCCCCCCS(=O)(=O)Nc1ccc(O)c(O)c1O. The van der Waals surface area contributed by atoms with Crippen LogP contribution in [0.1, 0.15) is 110 Å². The lowest BCUT2D eigenvalue weighted by Gasteiger charge is -2.11. The fraction of sp³-hybridized carbons (Fsp3) is 0.750. The number of aromatic hydroxyl groups is 3. The van der Waals surface area contributed by atoms with Crippen molar-refractivity contribution in [2.45, 2.75) is 110 Å². The van der Waals surface area contributed by atoms with Crippen LogP contribution >= 0.6 is 0 Å². The van der Waals surface area contributed by atoms with E-state index in [9.17, 15) is 23.7 Å². The predicted molar refractivity (Wildman–Crippen MR) is 128 cm³/mol. The van der Waals surface area contributed by atoms with Gasteiger partial charge in [-0.1, -0.05) is 103 Å². The summed E-state index contributed by atoms with van der Waals surface area (Å²) in [6.07, 6.45) is 19.7. The Bertz CT molecular complexity index is 706. The lowest BCUT2D eigenvalue weighted by Crippen LogP contribution is -2.16. The average Bonchev–Trinajstić information content (AvgIpc) is 2.74. The third-order valence-electron chi connectivity index (χ3n) is 5.66. The molecule has 0 saturated heterocycles. The van der Waals surface area contributed by atoms with Gasteiger partial charge in [0, 0.05) is 0 Å². The topological polar surface area (TPSA) is 107 Å². The molecule has 0 spiro atoms. The molecule has 0 saturated carbocycles.